The van der Waals surface area contributed by atoms with E-state index in [-0.39, 0.29) is 18.6 Å². The van der Waals surface area contributed by atoms with Gasteiger partial charge in [-0.1, -0.05) is 0 Å². The minimum Gasteiger partial charge on any atom is -0.395 e. The molecule has 4 nitrogen and oxygen atoms in total. The number of carbonyl (C=O) groups is 1. The van der Waals surface area contributed by atoms with E-state index in [2.05, 4.69) is 5.32 Å². The molecule has 1 atom stereocenters. The molecular weight excluding hydrogens is 236 g/mol. The lowest BCUT2D eigenvalue weighted by Gasteiger charge is -2.21. The van der Waals surface area contributed by atoms with Crippen LogP contribution in [0.2, 0.25) is 0 Å². The number of hydrogen-bond donors (Lipinski definition) is 2. The van der Waals surface area contributed by atoms with Crippen molar-refractivity contribution >= 4 is 17.2 Å². The normalized spacial score (nSPS) is 12.8. The first kappa shape index (κ1) is 14.2. The highest BCUT2D eigenvalue weighted by molar-refractivity contribution is 7.10. The highest BCUT2D eigenvalue weighted by Gasteiger charge is 2.12. The number of aryl methyl sites for hydroxylation is 1. The third-order valence-electron chi connectivity index (χ3n) is 2.82. The lowest BCUT2D eigenvalue weighted by atomic mass is 10.3. The number of amides is 1. The fraction of sp³-hybridized carbons (Fsp3) is 0.583. The second kappa shape index (κ2) is 6.74. The lowest BCUT2D eigenvalue weighted by Crippen LogP contribution is -2.40. The second-order valence-corrected chi connectivity index (χ2v) is 5.25. The van der Waals surface area contributed by atoms with E-state index in [1.807, 2.05) is 37.2 Å². The van der Waals surface area contributed by atoms with E-state index in [0.29, 0.717) is 13.1 Å². The molecule has 0 radical (unpaired) electrons. The zero-order valence-corrected chi connectivity index (χ0v) is 11.4. The van der Waals surface area contributed by atoms with Gasteiger partial charge in [0.05, 0.1) is 19.7 Å². The maximum atomic E-state index is 11.7. The molecule has 1 aromatic rings. The van der Waals surface area contributed by atoms with Crippen LogP contribution >= 0.6 is 11.3 Å². The molecule has 96 valence electrons. The maximum absolute atomic E-state index is 11.7. The summed E-state index contributed by atoms with van der Waals surface area (Å²) in [5.74, 6) is -0.0133. The third kappa shape index (κ3) is 4.46. The van der Waals surface area contributed by atoms with E-state index in [1.54, 1.807) is 11.3 Å². The summed E-state index contributed by atoms with van der Waals surface area (Å²) < 4.78 is 0. The van der Waals surface area contributed by atoms with E-state index >= 15 is 0 Å². The molecule has 2 N–H and O–H groups in total. The Kier molecular flexibility index (Phi) is 5.61. The van der Waals surface area contributed by atoms with Gasteiger partial charge in [0.2, 0.25) is 5.91 Å². The number of likely N-dealkylation sites (N-methyl/N-ethyl adjacent to an activating group) is 1. The van der Waals surface area contributed by atoms with Crippen molar-refractivity contribution in [1.29, 1.82) is 0 Å². The average molecular weight is 256 g/mol. The Bertz CT molecular complexity index is 365. The molecule has 0 spiro atoms. The Balaban J connectivity index is 2.33. The predicted molar refractivity (Wildman–Crippen MR) is 70.1 cm³/mol. The Labute approximate surface area is 106 Å². The standard InChI is InChI=1S/C12H20N2O2S/c1-9-4-5-17-11(9)6-13-12(16)7-14(3)10(2)8-15/h4-5,10,15H,6-8H2,1-3H3,(H,13,16). The molecule has 1 unspecified atom stereocenters. The maximum Gasteiger partial charge on any atom is 0.234 e. The Morgan fingerprint density at radius 1 is 1.65 bits per heavy atom. The molecule has 1 heterocycles. The van der Waals surface area contributed by atoms with Crippen LogP contribution in [0.1, 0.15) is 17.4 Å². The van der Waals surface area contributed by atoms with Crippen molar-refractivity contribution in [3.63, 3.8) is 0 Å². The molecule has 0 aliphatic carbocycles. The molecular formula is C12H20N2O2S. The molecule has 0 aromatic carbocycles. The van der Waals surface area contributed by atoms with Gasteiger partial charge >= 0.3 is 0 Å². The monoisotopic (exact) mass is 256 g/mol. The highest BCUT2D eigenvalue weighted by atomic mass is 32.1. The summed E-state index contributed by atoms with van der Waals surface area (Å²) in [6.07, 6.45) is 0. The van der Waals surface area contributed by atoms with Crippen LogP contribution < -0.4 is 5.32 Å². The van der Waals surface area contributed by atoms with Gasteiger partial charge in [0, 0.05) is 10.9 Å². The summed E-state index contributed by atoms with van der Waals surface area (Å²) in [7, 11) is 1.83. The minimum absolute atomic E-state index is 0.00391. The fourth-order valence-corrected chi connectivity index (χ4v) is 2.19. The average Bonchev–Trinajstić information content (AvgIpc) is 2.71. The van der Waals surface area contributed by atoms with Crippen LogP contribution in [-0.2, 0) is 11.3 Å². The number of nitrogens with zero attached hydrogens (tertiary/aromatic N) is 1. The van der Waals surface area contributed by atoms with Crippen LogP contribution in [0, 0.1) is 6.92 Å². The molecule has 0 fully saturated rings. The smallest absolute Gasteiger partial charge is 0.234 e. The van der Waals surface area contributed by atoms with Crippen LogP contribution in [0.4, 0.5) is 0 Å². The molecule has 1 aromatic heterocycles. The van der Waals surface area contributed by atoms with E-state index in [4.69, 9.17) is 5.11 Å². The van der Waals surface area contributed by atoms with Gasteiger partial charge in [-0.2, -0.15) is 0 Å². The third-order valence-corrected chi connectivity index (χ3v) is 3.85. The predicted octanol–water partition coefficient (Wildman–Crippen LogP) is 0.985. The number of hydrogen-bond acceptors (Lipinski definition) is 4. The Morgan fingerprint density at radius 3 is 2.88 bits per heavy atom. The van der Waals surface area contributed by atoms with E-state index in [0.717, 1.165) is 0 Å². The number of nitrogens with one attached hydrogen (secondary N) is 1. The number of aliphatic hydroxyl groups excluding tert-OH is 1. The Hall–Kier alpha value is -0.910. The van der Waals surface area contributed by atoms with Crippen molar-refractivity contribution in [2.24, 2.45) is 0 Å². The van der Waals surface area contributed by atoms with E-state index < -0.39 is 0 Å². The van der Waals surface area contributed by atoms with Gasteiger partial charge in [0.25, 0.3) is 0 Å². The molecule has 0 bridgehead atoms. The SMILES string of the molecule is Cc1ccsc1CNC(=O)CN(C)C(C)CO. The summed E-state index contributed by atoms with van der Waals surface area (Å²) in [6, 6.07) is 2.05. The van der Waals surface area contributed by atoms with Crippen molar-refractivity contribution in [3.8, 4) is 0 Å². The van der Waals surface area contributed by atoms with Crippen molar-refractivity contribution in [2.75, 3.05) is 20.2 Å². The minimum atomic E-state index is -0.0133. The van der Waals surface area contributed by atoms with Crippen LogP contribution in [0.3, 0.4) is 0 Å². The zero-order valence-electron chi connectivity index (χ0n) is 10.6. The first-order chi connectivity index (χ1) is 8.04. The van der Waals surface area contributed by atoms with Gasteiger partial charge in [-0.25, -0.2) is 0 Å². The van der Waals surface area contributed by atoms with Gasteiger partial charge in [-0.05, 0) is 37.9 Å². The summed E-state index contributed by atoms with van der Waals surface area (Å²) in [6.45, 7) is 4.89. The molecule has 0 saturated heterocycles. The summed E-state index contributed by atoms with van der Waals surface area (Å²) in [5, 5.41) is 13.9. The largest absolute Gasteiger partial charge is 0.395 e. The first-order valence-electron chi connectivity index (χ1n) is 5.65. The number of aliphatic hydroxyl groups is 1. The van der Waals surface area contributed by atoms with Gasteiger partial charge in [-0.15, -0.1) is 11.3 Å². The van der Waals surface area contributed by atoms with Gasteiger partial charge in [0.1, 0.15) is 0 Å². The van der Waals surface area contributed by atoms with Crippen molar-refractivity contribution < 1.29 is 9.90 Å². The lowest BCUT2D eigenvalue weighted by molar-refractivity contribution is -0.122. The molecule has 0 aliphatic rings. The fourth-order valence-electron chi connectivity index (χ4n) is 1.34. The van der Waals surface area contributed by atoms with Crippen LogP contribution in [0.25, 0.3) is 0 Å². The molecule has 0 aliphatic heterocycles. The summed E-state index contributed by atoms with van der Waals surface area (Å²) >= 11 is 1.65. The zero-order chi connectivity index (χ0) is 12.8. The summed E-state index contributed by atoms with van der Waals surface area (Å²) in [5.41, 5.74) is 1.22. The van der Waals surface area contributed by atoms with Crippen LogP contribution in [0.5, 0.6) is 0 Å². The van der Waals surface area contributed by atoms with Crippen LogP contribution in [0.15, 0.2) is 11.4 Å². The van der Waals surface area contributed by atoms with Crippen LogP contribution in [-0.4, -0.2) is 42.2 Å². The molecule has 0 saturated carbocycles. The number of rotatable bonds is 6. The van der Waals surface area contributed by atoms with Gasteiger partial charge in [-0.3, -0.25) is 9.69 Å². The van der Waals surface area contributed by atoms with E-state index in [1.165, 1.54) is 10.4 Å². The summed E-state index contributed by atoms with van der Waals surface area (Å²) in [4.78, 5) is 14.7. The topological polar surface area (TPSA) is 52.6 Å². The molecule has 1 amide bonds. The van der Waals surface area contributed by atoms with Gasteiger partial charge < -0.3 is 10.4 Å². The quantitative estimate of drug-likeness (QED) is 0.798. The Morgan fingerprint density at radius 2 is 2.35 bits per heavy atom. The van der Waals surface area contributed by atoms with Crippen molar-refractivity contribution in [3.05, 3.63) is 21.9 Å². The second-order valence-electron chi connectivity index (χ2n) is 4.25. The van der Waals surface area contributed by atoms with Gasteiger partial charge in [0.15, 0.2) is 0 Å². The van der Waals surface area contributed by atoms with Crippen molar-refractivity contribution in [1.82, 2.24) is 10.2 Å². The molecule has 17 heavy (non-hydrogen) atoms. The number of thiophene rings is 1. The first-order valence-corrected chi connectivity index (χ1v) is 6.53. The number of carbonyl (C=O) groups excluding carboxylic acids is 1. The van der Waals surface area contributed by atoms with Crippen molar-refractivity contribution in [2.45, 2.75) is 26.4 Å². The highest BCUT2D eigenvalue weighted by Crippen LogP contribution is 2.14. The van der Waals surface area contributed by atoms with E-state index in [9.17, 15) is 4.79 Å². The molecule has 5 heteroatoms. The molecule has 1 rings (SSSR count).